The van der Waals surface area contributed by atoms with Gasteiger partial charge in [0.1, 0.15) is 16.4 Å². The third-order valence-electron chi connectivity index (χ3n) is 3.62. The molecule has 23 heavy (non-hydrogen) atoms. The lowest BCUT2D eigenvalue weighted by Gasteiger charge is -2.07. The summed E-state index contributed by atoms with van der Waals surface area (Å²) in [6.45, 7) is 1.70. The standard InChI is InChI=1S/C16H15N3O3S/c1-8-12-15(21)18-11(19-16(12)23-13(8)14(17)20)7-9-5-3-4-6-10(9)22-2/h3-6H,7H2,1-2H3,(H2,17,20)(H,18,19,21). The van der Waals surface area contributed by atoms with Crippen molar-refractivity contribution in [2.24, 2.45) is 5.73 Å². The fraction of sp³-hybridized carbons (Fsp3) is 0.188. The Balaban J connectivity index is 2.10. The Morgan fingerprint density at radius 2 is 2.13 bits per heavy atom. The van der Waals surface area contributed by atoms with Crippen molar-refractivity contribution in [2.45, 2.75) is 13.3 Å². The summed E-state index contributed by atoms with van der Waals surface area (Å²) < 4.78 is 5.31. The number of rotatable bonds is 4. The zero-order chi connectivity index (χ0) is 16.6. The van der Waals surface area contributed by atoms with Gasteiger partial charge in [-0.15, -0.1) is 11.3 Å². The molecule has 1 amide bonds. The first kappa shape index (κ1) is 15.2. The van der Waals surface area contributed by atoms with Gasteiger partial charge in [0.2, 0.25) is 0 Å². The SMILES string of the molecule is COc1ccccc1Cc1nc2sc(C(N)=O)c(C)c2c(=O)[nH]1. The minimum Gasteiger partial charge on any atom is -0.496 e. The highest BCUT2D eigenvalue weighted by Crippen LogP contribution is 2.27. The Morgan fingerprint density at radius 1 is 1.39 bits per heavy atom. The monoisotopic (exact) mass is 329 g/mol. The van der Waals surface area contributed by atoms with Gasteiger partial charge in [0.05, 0.1) is 17.4 Å². The van der Waals surface area contributed by atoms with E-state index < -0.39 is 5.91 Å². The molecule has 3 N–H and O–H groups in total. The maximum atomic E-state index is 12.3. The molecule has 118 valence electrons. The van der Waals surface area contributed by atoms with Crippen molar-refractivity contribution in [2.75, 3.05) is 7.11 Å². The smallest absolute Gasteiger partial charge is 0.259 e. The third kappa shape index (κ3) is 2.70. The summed E-state index contributed by atoms with van der Waals surface area (Å²) in [7, 11) is 1.60. The average molecular weight is 329 g/mol. The summed E-state index contributed by atoms with van der Waals surface area (Å²) in [5.74, 6) is 0.705. The van der Waals surface area contributed by atoms with Crippen LogP contribution in [0.3, 0.4) is 0 Å². The molecule has 0 atom stereocenters. The van der Waals surface area contributed by atoms with Crippen molar-refractivity contribution in [1.82, 2.24) is 9.97 Å². The minimum absolute atomic E-state index is 0.263. The lowest BCUT2D eigenvalue weighted by Crippen LogP contribution is -2.13. The molecule has 1 aromatic carbocycles. The molecule has 0 spiro atoms. The predicted molar refractivity (Wildman–Crippen MR) is 89.3 cm³/mol. The molecule has 2 heterocycles. The highest BCUT2D eigenvalue weighted by Gasteiger charge is 2.17. The van der Waals surface area contributed by atoms with Crippen LogP contribution in [0, 0.1) is 6.92 Å². The molecule has 6 nitrogen and oxygen atoms in total. The number of aromatic amines is 1. The number of benzene rings is 1. The number of nitrogens with two attached hydrogens (primary N) is 1. The number of thiophene rings is 1. The molecule has 3 aromatic rings. The van der Waals surface area contributed by atoms with Gasteiger partial charge in [-0.2, -0.15) is 0 Å². The maximum Gasteiger partial charge on any atom is 0.259 e. The Hall–Kier alpha value is -2.67. The molecule has 0 unspecified atom stereocenters. The molecular formula is C16H15N3O3S. The van der Waals surface area contributed by atoms with E-state index in [0.717, 1.165) is 22.6 Å². The number of carbonyl (C=O) groups is 1. The number of hydrogen-bond acceptors (Lipinski definition) is 5. The second-order valence-corrected chi connectivity index (χ2v) is 6.10. The number of fused-ring (bicyclic) bond motifs is 1. The highest BCUT2D eigenvalue weighted by atomic mass is 32.1. The Kier molecular flexibility index (Phi) is 3.87. The number of primary amides is 1. The number of hydrogen-bond donors (Lipinski definition) is 2. The maximum absolute atomic E-state index is 12.3. The molecule has 0 aliphatic heterocycles. The van der Waals surface area contributed by atoms with Crippen molar-refractivity contribution in [3.63, 3.8) is 0 Å². The van der Waals surface area contributed by atoms with E-state index in [4.69, 9.17) is 10.5 Å². The van der Waals surface area contributed by atoms with Crippen LogP contribution in [0.5, 0.6) is 5.75 Å². The number of nitrogens with one attached hydrogen (secondary N) is 1. The van der Waals surface area contributed by atoms with Gasteiger partial charge in [0.15, 0.2) is 0 Å². The van der Waals surface area contributed by atoms with Crippen molar-refractivity contribution in [3.8, 4) is 5.75 Å². The van der Waals surface area contributed by atoms with E-state index in [2.05, 4.69) is 9.97 Å². The molecule has 0 aliphatic rings. The number of para-hydroxylation sites is 1. The van der Waals surface area contributed by atoms with Crippen molar-refractivity contribution in [1.29, 1.82) is 0 Å². The number of aromatic nitrogens is 2. The molecule has 0 saturated carbocycles. The summed E-state index contributed by atoms with van der Waals surface area (Å²) in [5.41, 5.74) is 6.58. The molecule has 0 aliphatic carbocycles. The molecule has 3 rings (SSSR count). The summed E-state index contributed by atoms with van der Waals surface area (Å²) in [6.07, 6.45) is 0.429. The van der Waals surface area contributed by atoms with E-state index in [9.17, 15) is 9.59 Å². The van der Waals surface area contributed by atoms with Gasteiger partial charge in [0.25, 0.3) is 11.5 Å². The summed E-state index contributed by atoms with van der Waals surface area (Å²) in [5, 5.41) is 0.424. The molecule has 0 saturated heterocycles. The topological polar surface area (TPSA) is 98.1 Å². The number of nitrogens with zero attached hydrogens (tertiary/aromatic N) is 1. The van der Waals surface area contributed by atoms with Gasteiger partial charge in [-0.25, -0.2) is 4.98 Å². The number of aryl methyl sites for hydroxylation is 1. The van der Waals surface area contributed by atoms with Crippen LogP contribution in [-0.2, 0) is 6.42 Å². The van der Waals surface area contributed by atoms with E-state index >= 15 is 0 Å². The van der Waals surface area contributed by atoms with Crippen LogP contribution in [0.2, 0.25) is 0 Å². The van der Waals surface area contributed by atoms with Crippen LogP contribution in [0.25, 0.3) is 10.2 Å². The highest BCUT2D eigenvalue weighted by molar-refractivity contribution is 7.20. The van der Waals surface area contributed by atoms with E-state index in [1.807, 2.05) is 24.3 Å². The molecule has 0 bridgehead atoms. The van der Waals surface area contributed by atoms with Crippen LogP contribution >= 0.6 is 11.3 Å². The first-order valence-electron chi connectivity index (χ1n) is 6.95. The quantitative estimate of drug-likeness (QED) is 0.765. The molecular weight excluding hydrogens is 314 g/mol. The van der Waals surface area contributed by atoms with Crippen LogP contribution in [0.4, 0.5) is 0 Å². The number of amides is 1. The van der Waals surface area contributed by atoms with Crippen molar-refractivity contribution < 1.29 is 9.53 Å². The molecule has 0 radical (unpaired) electrons. The Bertz CT molecular complexity index is 959. The fourth-order valence-corrected chi connectivity index (χ4v) is 3.59. The second-order valence-electron chi connectivity index (χ2n) is 5.10. The summed E-state index contributed by atoms with van der Waals surface area (Å²) >= 11 is 1.14. The predicted octanol–water partition coefficient (Wildman–Crippen LogP) is 1.99. The van der Waals surface area contributed by atoms with Crippen LogP contribution < -0.4 is 16.0 Å². The van der Waals surface area contributed by atoms with E-state index in [-0.39, 0.29) is 5.56 Å². The fourth-order valence-electron chi connectivity index (χ4n) is 2.54. The normalized spacial score (nSPS) is 10.9. The number of ether oxygens (including phenoxy) is 1. The first-order chi connectivity index (χ1) is 11.0. The van der Waals surface area contributed by atoms with Crippen molar-refractivity contribution in [3.05, 3.63) is 56.4 Å². The Morgan fingerprint density at radius 3 is 2.83 bits per heavy atom. The lowest BCUT2D eigenvalue weighted by atomic mass is 10.1. The zero-order valence-corrected chi connectivity index (χ0v) is 13.5. The van der Waals surface area contributed by atoms with Crippen LogP contribution in [0.1, 0.15) is 26.6 Å². The Labute approximate surface area is 135 Å². The van der Waals surface area contributed by atoms with Gasteiger partial charge in [0, 0.05) is 12.0 Å². The molecule has 0 fully saturated rings. The van der Waals surface area contributed by atoms with Gasteiger partial charge < -0.3 is 15.5 Å². The van der Waals surface area contributed by atoms with Gasteiger partial charge in [-0.05, 0) is 18.6 Å². The van der Waals surface area contributed by atoms with E-state index in [1.54, 1.807) is 14.0 Å². The number of methoxy groups -OCH3 is 1. The zero-order valence-electron chi connectivity index (χ0n) is 12.7. The van der Waals surface area contributed by atoms with E-state index in [0.29, 0.717) is 32.9 Å². The molecule has 7 heteroatoms. The number of H-pyrrole nitrogens is 1. The summed E-state index contributed by atoms with van der Waals surface area (Å²) in [6, 6.07) is 7.54. The third-order valence-corrected chi connectivity index (χ3v) is 4.82. The second kappa shape index (κ2) is 5.85. The average Bonchev–Trinajstić information content (AvgIpc) is 2.85. The van der Waals surface area contributed by atoms with Crippen LogP contribution in [0.15, 0.2) is 29.1 Å². The first-order valence-corrected chi connectivity index (χ1v) is 7.77. The van der Waals surface area contributed by atoms with E-state index in [1.165, 1.54) is 0 Å². The molecule has 2 aromatic heterocycles. The van der Waals surface area contributed by atoms with Crippen LogP contribution in [-0.4, -0.2) is 23.0 Å². The minimum atomic E-state index is -0.545. The van der Waals surface area contributed by atoms with Gasteiger partial charge >= 0.3 is 0 Å². The largest absolute Gasteiger partial charge is 0.496 e. The lowest BCUT2D eigenvalue weighted by molar-refractivity contribution is 0.100. The van der Waals surface area contributed by atoms with Gasteiger partial charge in [-0.3, -0.25) is 9.59 Å². The summed E-state index contributed by atoms with van der Waals surface area (Å²) in [4.78, 5) is 31.9. The van der Waals surface area contributed by atoms with Gasteiger partial charge in [-0.1, -0.05) is 18.2 Å². The number of carbonyl (C=O) groups excluding carboxylic acids is 1. The van der Waals surface area contributed by atoms with Crippen molar-refractivity contribution >= 4 is 27.5 Å².